The smallest absolute Gasteiger partial charge is 0.413 e. The Kier molecular flexibility index (Phi) is 7.35. The van der Waals surface area contributed by atoms with E-state index in [1.807, 2.05) is 0 Å². The first-order chi connectivity index (χ1) is 13.1. The van der Waals surface area contributed by atoms with E-state index < -0.39 is 16.1 Å². The second kappa shape index (κ2) is 9.32. The zero-order valence-corrected chi connectivity index (χ0v) is 17.8. The van der Waals surface area contributed by atoms with Crippen LogP contribution in [0.25, 0.3) is 0 Å². The summed E-state index contributed by atoms with van der Waals surface area (Å²) >= 11 is 2.23. The summed E-state index contributed by atoms with van der Waals surface area (Å²) < 4.78 is 28.4. The van der Waals surface area contributed by atoms with E-state index in [1.165, 1.54) is 12.1 Å². The molecule has 0 aliphatic rings. The van der Waals surface area contributed by atoms with Crippen molar-refractivity contribution in [3.05, 3.63) is 23.3 Å². The van der Waals surface area contributed by atoms with E-state index in [1.54, 1.807) is 20.8 Å². The summed E-state index contributed by atoms with van der Waals surface area (Å²) in [6.45, 7) is 5.41. The second-order valence-electron chi connectivity index (χ2n) is 5.51. The number of sulfonamides is 1. The number of hydrogen-bond donors (Lipinski definition) is 3. The summed E-state index contributed by atoms with van der Waals surface area (Å²) in [5, 5.41) is 18.2. The Hall–Kier alpha value is -2.22. The maximum Gasteiger partial charge on any atom is 0.413 e. The molecule has 1 aromatic carbocycles. The molecule has 0 saturated carbocycles. The normalized spacial score (nSPS) is 11.1. The van der Waals surface area contributed by atoms with Crippen LogP contribution < -0.4 is 15.8 Å². The number of aromatic nitrogens is 2. The Morgan fingerprint density at radius 1 is 1.25 bits per heavy atom. The number of anilines is 2. The molecule has 10 nitrogen and oxygen atoms in total. The lowest BCUT2D eigenvalue weighted by atomic mass is 10.1. The van der Waals surface area contributed by atoms with Crippen LogP contribution in [0.15, 0.2) is 21.4 Å². The highest BCUT2D eigenvalue weighted by molar-refractivity contribution is 8.01. The summed E-state index contributed by atoms with van der Waals surface area (Å²) in [7, 11) is -3.88. The van der Waals surface area contributed by atoms with Gasteiger partial charge in [0.25, 0.3) is 0 Å². The molecule has 0 saturated heterocycles. The SMILES string of the molecule is CCOC(=O)Nc1nnc(SCC(=O)Nc2cc(S(N)(=O)=O)cc(C)c2C)s1. The minimum absolute atomic E-state index is 0.0200. The fourth-order valence-electron chi connectivity index (χ4n) is 2.01. The average Bonchev–Trinajstić information content (AvgIpc) is 3.03. The number of thioether (sulfide) groups is 1. The van der Waals surface area contributed by atoms with Crippen molar-refractivity contribution in [3.8, 4) is 0 Å². The number of carbonyl (C=O) groups is 2. The molecule has 13 heteroatoms. The largest absolute Gasteiger partial charge is 0.450 e. The van der Waals surface area contributed by atoms with Gasteiger partial charge in [-0.1, -0.05) is 23.1 Å². The van der Waals surface area contributed by atoms with Crippen molar-refractivity contribution >= 4 is 55.9 Å². The van der Waals surface area contributed by atoms with E-state index in [2.05, 4.69) is 20.8 Å². The standard InChI is InChI=1S/C15H19N5O5S3/c1-4-25-14(22)18-13-19-20-15(27-13)26-7-12(21)17-11-6-10(28(16,23)24)5-8(2)9(11)3/h5-6H,4,7H2,1-3H3,(H,17,21)(H2,16,23,24)(H,18,19,22). The quantitative estimate of drug-likeness (QED) is 0.432. The van der Waals surface area contributed by atoms with Gasteiger partial charge in [-0.25, -0.2) is 18.4 Å². The third-order valence-corrected chi connectivity index (χ3v) is 6.33. The van der Waals surface area contributed by atoms with Crippen molar-refractivity contribution in [2.24, 2.45) is 5.14 Å². The molecule has 0 atom stereocenters. The maximum atomic E-state index is 12.2. The van der Waals surface area contributed by atoms with Gasteiger partial charge in [-0.3, -0.25) is 10.1 Å². The first kappa shape index (κ1) is 22.1. The number of carbonyl (C=O) groups excluding carboxylic acids is 2. The first-order valence-electron chi connectivity index (χ1n) is 7.94. The minimum Gasteiger partial charge on any atom is -0.450 e. The zero-order valence-electron chi connectivity index (χ0n) is 15.3. The first-order valence-corrected chi connectivity index (χ1v) is 11.3. The number of rotatable bonds is 7. The fourth-order valence-corrected chi connectivity index (χ4v) is 4.17. The number of nitrogens with two attached hydrogens (primary N) is 1. The molecule has 28 heavy (non-hydrogen) atoms. The molecule has 2 rings (SSSR count). The van der Waals surface area contributed by atoms with Gasteiger partial charge in [0.1, 0.15) is 0 Å². The number of primary sulfonamides is 1. The highest BCUT2D eigenvalue weighted by Crippen LogP contribution is 2.27. The van der Waals surface area contributed by atoms with Crippen molar-refractivity contribution < 1.29 is 22.7 Å². The van der Waals surface area contributed by atoms with Crippen molar-refractivity contribution in [2.75, 3.05) is 23.0 Å². The van der Waals surface area contributed by atoms with Gasteiger partial charge in [0.15, 0.2) is 4.34 Å². The average molecular weight is 446 g/mol. The van der Waals surface area contributed by atoms with Gasteiger partial charge in [0.2, 0.25) is 21.1 Å². The number of aryl methyl sites for hydroxylation is 1. The number of benzene rings is 1. The van der Waals surface area contributed by atoms with E-state index in [9.17, 15) is 18.0 Å². The lowest BCUT2D eigenvalue weighted by Gasteiger charge is -2.12. The van der Waals surface area contributed by atoms with Gasteiger partial charge in [0.05, 0.1) is 17.3 Å². The maximum absolute atomic E-state index is 12.2. The van der Waals surface area contributed by atoms with Crippen molar-refractivity contribution in [1.82, 2.24) is 10.2 Å². The van der Waals surface area contributed by atoms with E-state index in [0.717, 1.165) is 28.7 Å². The third-order valence-electron chi connectivity index (χ3n) is 3.46. The summed E-state index contributed by atoms with van der Waals surface area (Å²) in [6, 6.07) is 2.78. The van der Waals surface area contributed by atoms with Crippen LogP contribution in [-0.2, 0) is 19.6 Å². The Morgan fingerprint density at radius 3 is 2.61 bits per heavy atom. The third kappa shape index (κ3) is 6.15. The van der Waals surface area contributed by atoms with Gasteiger partial charge in [-0.05, 0) is 44.0 Å². The van der Waals surface area contributed by atoms with Crippen LogP contribution in [0.5, 0.6) is 0 Å². The van der Waals surface area contributed by atoms with E-state index in [-0.39, 0.29) is 28.3 Å². The van der Waals surface area contributed by atoms with Crippen LogP contribution in [0.4, 0.5) is 15.6 Å². The molecule has 1 aromatic heterocycles. The van der Waals surface area contributed by atoms with Crippen LogP contribution in [0.3, 0.4) is 0 Å². The number of nitrogens with one attached hydrogen (secondary N) is 2. The number of hydrogen-bond acceptors (Lipinski definition) is 9. The molecule has 4 N–H and O–H groups in total. The molecule has 1 heterocycles. The molecule has 0 fully saturated rings. The molecule has 0 aliphatic carbocycles. The Balaban J connectivity index is 1.99. The molecule has 0 aliphatic heterocycles. The van der Waals surface area contributed by atoms with Crippen molar-refractivity contribution in [2.45, 2.75) is 30.0 Å². The van der Waals surface area contributed by atoms with Gasteiger partial charge in [-0.2, -0.15) is 0 Å². The molecule has 0 radical (unpaired) electrons. The highest BCUT2D eigenvalue weighted by atomic mass is 32.2. The molecule has 2 aromatic rings. The summed E-state index contributed by atoms with van der Waals surface area (Å²) in [4.78, 5) is 23.5. The summed E-state index contributed by atoms with van der Waals surface area (Å²) in [5.74, 6) is -0.333. The van der Waals surface area contributed by atoms with Crippen LogP contribution in [0.1, 0.15) is 18.1 Å². The highest BCUT2D eigenvalue weighted by Gasteiger charge is 2.15. The van der Waals surface area contributed by atoms with Crippen LogP contribution in [-0.4, -0.2) is 43.0 Å². The van der Waals surface area contributed by atoms with Gasteiger partial charge in [0, 0.05) is 5.69 Å². The molecule has 0 spiro atoms. The predicted molar refractivity (Wildman–Crippen MR) is 107 cm³/mol. The fraction of sp³-hybridized carbons (Fsp3) is 0.333. The summed E-state index contributed by atoms with van der Waals surface area (Å²) in [5.41, 5.74) is 1.80. The van der Waals surface area contributed by atoms with Gasteiger partial charge in [-0.15, -0.1) is 10.2 Å². The lowest BCUT2D eigenvalue weighted by molar-refractivity contribution is -0.113. The molecular weight excluding hydrogens is 426 g/mol. The topological polar surface area (TPSA) is 153 Å². The molecule has 0 unspecified atom stereocenters. The van der Waals surface area contributed by atoms with E-state index >= 15 is 0 Å². The van der Waals surface area contributed by atoms with Crippen LogP contribution in [0.2, 0.25) is 0 Å². The lowest BCUT2D eigenvalue weighted by Crippen LogP contribution is -2.17. The molecule has 152 valence electrons. The predicted octanol–water partition coefficient (Wildman–Crippen LogP) is 2.10. The Morgan fingerprint density at radius 2 is 1.96 bits per heavy atom. The summed E-state index contributed by atoms with van der Waals surface area (Å²) in [6.07, 6.45) is -0.631. The molecule has 0 bridgehead atoms. The Bertz CT molecular complexity index is 990. The van der Waals surface area contributed by atoms with Crippen molar-refractivity contribution in [1.29, 1.82) is 0 Å². The van der Waals surface area contributed by atoms with E-state index in [0.29, 0.717) is 15.6 Å². The van der Waals surface area contributed by atoms with Crippen LogP contribution in [0, 0.1) is 13.8 Å². The number of amides is 2. The van der Waals surface area contributed by atoms with Gasteiger partial charge >= 0.3 is 6.09 Å². The van der Waals surface area contributed by atoms with Crippen LogP contribution >= 0.6 is 23.1 Å². The van der Waals surface area contributed by atoms with E-state index in [4.69, 9.17) is 9.88 Å². The van der Waals surface area contributed by atoms with Gasteiger partial charge < -0.3 is 10.1 Å². The molecular formula is C15H19N5O5S3. The second-order valence-corrected chi connectivity index (χ2v) is 9.27. The molecule has 2 amide bonds. The zero-order chi connectivity index (χ0) is 20.9. The number of nitrogens with zero attached hydrogens (tertiary/aromatic N) is 2. The Labute approximate surface area is 170 Å². The number of ether oxygens (including phenoxy) is 1. The van der Waals surface area contributed by atoms with Crippen molar-refractivity contribution in [3.63, 3.8) is 0 Å². The monoisotopic (exact) mass is 445 g/mol. The minimum atomic E-state index is -3.88.